The van der Waals surface area contributed by atoms with Gasteiger partial charge in [-0.3, -0.25) is 0 Å². The van der Waals surface area contributed by atoms with Gasteiger partial charge in [-0.2, -0.15) is 0 Å². The molecule has 1 unspecified atom stereocenters. The Balaban J connectivity index is 1.73. The van der Waals surface area contributed by atoms with Crippen molar-refractivity contribution in [3.8, 4) is 0 Å². The van der Waals surface area contributed by atoms with Crippen molar-refractivity contribution >= 4 is 0 Å². The van der Waals surface area contributed by atoms with Gasteiger partial charge in [-0.05, 0) is 39.3 Å². The Morgan fingerprint density at radius 1 is 1.12 bits per heavy atom. The van der Waals surface area contributed by atoms with Gasteiger partial charge in [0.15, 0.2) is 0 Å². The minimum absolute atomic E-state index is 0.680. The average Bonchev–Trinajstić information content (AvgIpc) is 2.76. The normalized spacial score (nSPS) is 25.8. The van der Waals surface area contributed by atoms with E-state index in [0.717, 1.165) is 19.4 Å². The third-order valence-corrected chi connectivity index (χ3v) is 4.28. The minimum Gasteiger partial charge on any atom is -0.315 e. The fourth-order valence-electron chi connectivity index (χ4n) is 3.13. The Bertz CT molecular complexity index is 385. The van der Waals surface area contributed by atoms with Crippen LogP contribution in [-0.2, 0) is 19.4 Å². The Morgan fingerprint density at radius 3 is 2.88 bits per heavy atom. The van der Waals surface area contributed by atoms with Gasteiger partial charge in [-0.25, -0.2) is 0 Å². The van der Waals surface area contributed by atoms with Crippen LogP contribution in [0, 0.1) is 0 Å². The van der Waals surface area contributed by atoms with Crippen molar-refractivity contribution in [3.63, 3.8) is 0 Å². The third-order valence-electron chi connectivity index (χ3n) is 4.28. The summed E-state index contributed by atoms with van der Waals surface area (Å²) in [7, 11) is 2.25. The fourth-order valence-corrected chi connectivity index (χ4v) is 3.13. The van der Waals surface area contributed by atoms with Gasteiger partial charge in [0.05, 0.1) is 0 Å². The van der Waals surface area contributed by atoms with Crippen molar-refractivity contribution in [3.05, 3.63) is 11.6 Å². The maximum atomic E-state index is 4.41. The first-order chi connectivity index (χ1) is 8.34. The number of aromatic nitrogens is 3. The van der Waals surface area contributed by atoms with E-state index in [4.69, 9.17) is 0 Å². The first kappa shape index (κ1) is 11.2. The molecule has 0 N–H and O–H groups in total. The van der Waals surface area contributed by atoms with E-state index in [1.54, 1.807) is 0 Å². The Morgan fingerprint density at radius 2 is 2.00 bits per heavy atom. The van der Waals surface area contributed by atoms with Crippen LogP contribution in [-0.4, -0.2) is 39.3 Å². The third kappa shape index (κ3) is 2.23. The summed E-state index contributed by atoms with van der Waals surface area (Å²) in [6.07, 6.45) is 8.82. The van der Waals surface area contributed by atoms with Gasteiger partial charge in [0, 0.05) is 25.4 Å². The van der Waals surface area contributed by atoms with Crippen LogP contribution in [0.1, 0.15) is 43.8 Å². The lowest BCUT2D eigenvalue weighted by Crippen LogP contribution is -2.38. The summed E-state index contributed by atoms with van der Waals surface area (Å²) in [5.74, 6) is 2.43. The number of aryl methyl sites for hydroxylation is 1. The molecular weight excluding hydrogens is 212 g/mol. The minimum atomic E-state index is 0.680. The van der Waals surface area contributed by atoms with E-state index in [1.807, 2.05) is 0 Å². The number of fused-ring (bicyclic) bond motifs is 1. The van der Waals surface area contributed by atoms with E-state index >= 15 is 0 Å². The SMILES string of the molecule is CN1CCCCC1Cc1nnc2n1CCCC2. The number of rotatable bonds is 2. The van der Waals surface area contributed by atoms with Crippen molar-refractivity contribution in [2.24, 2.45) is 0 Å². The number of nitrogens with zero attached hydrogens (tertiary/aromatic N) is 4. The Kier molecular flexibility index (Phi) is 3.14. The van der Waals surface area contributed by atoms with Gasteiger partial charge in [0.1, 0.15) is 11.6 Å². The summed E-state index contributed by atoms with van der Waals surface area (Å²) < 4.78 is 2.37. The number of likely N-dealkylation sites (tertiary alicyclic amines) is 1. The molecule has 0 radical (unpaired) electrons. The molecule has 0 aromatic carbocycles. The highest BCUT2D eigenvalue weighted by molar-refractivity contribution is 5.01. The summed E-state index contributed by atoms with van der Waals surface area (Å²) in [4.78, 5) is 2.49. The molecule has 0 spiro atoms. The van der Waals surface area contributed by atoms with Crippen LogP contribution in [0.4, 0.5) is 0 Å². The van der Waals surface area contributed by atoms with Crippen LogP contribution in [0.25, 0.3) is 0 Å². The molecule has 1 fully saturated rings. The maximum Gasteiger partial charge on any atom is 0.134 e. The smallest absolute Gasteiger partial charge is 0.134 e. The molecule has 0 aliphatic carbocycles. The second-order valence-corrected chi connectivity index (χ2v) is 5.48. The molecule has 0 saturated carbocycles. The molecule has 1 aromatic rings. The van der Waals surface area contributed by atoms with Gasteiger partial charge in [-0.1, -0.05) is 6.42 Å². The van der Waals surface area contributed by atoms with Crippen molar-refractivity contribution in [1.82, 2.24) is 19.7 Å². The van der Waals surface area contributed by atoms with Crippen LogP contribution in [0.5, 0.6) is 0 Å². The molecule has 3 heterocycles. The van der Waals surface area contributed by atoms with Crippen LogP contribution in [0.3, 0.4) is 0 Å². The van der Waals surface area contributed by atoms with Crippen molar-refractivity contribution in [1.29, 1.82) is 0 Å². The highest BCUT2D eigenvalue weighted by atomic mass is 15.3. The number of hydrogen-bond acceptors (Lipinski definition) is 3. The molecule has 4 nitrogen and oxygen atoms in total. The van der Waals surface area contributed by atoms with Gasteiger partial charge in [-0.15, -0.1) is 10.2 Å². The van der Waals surface area contributed by atoms with E-state index in [2.05, 4.69) is 26.7 Å². The largest absolute Gasteiger partial charge is 0.315 e. The highest BCUT2D eigenvalue weighted by Crippen LogP contribution is 2.21. The molecule has 1 aromatic heterocycles. The van der Waals surface area contributed by atoms with Crippen LogP contribution >= 0.6 is 0 Å². The van der Waals surface area contributed by atoms with E-state index in [-0.39, 0.29) is 0 Å². The zero-order valence-corrected chi connectivity index (χ0v) is 10.7. The molecule has 4 heteroatoms. The van der Waals surface area contributed by atoms with Crippen LogP contribution < -0.4 is 0 Å². The van der Waals surface area contributed by atoms with E-state index in [1.165, 1.54) is 50.3 Å². The lowest BCUT2D eigenvalue weighted by Gasteiger charge is -2.32. The zero-order chi connectivity index (χ0) is 11.7. The highest BCUT2D eigenvalue weighted by Gasteiger charge is 2.23. The van der Waals surface area contributed by atoms with Gasteiger partial charge in [0.25, 0.3) is 0 Å². The first-order valence-corrected chi connectivity index (χ1v) is 6.96. The molecule has 0 amide bonds. The standard InChI is InChI=1S/C13H22N4/c1-16-8-4-2-6-11(16)10-13-15-14-12-7-3-5-9-17(12)13/h11H,2-10H2,1H3. The molecule has 2 aliphatic heterocycles. The van der Waals surface area contributed by atoms with Crippen molar-refractivity contribution < 1.29 is 0 Å². The molecular formula is C13H22N4. The molecule has 1 atom stereocenters. The van der Waals surface area contributed by atoms with Crippen molar-refractivity contribution in [2.45, 2.75) is 57.5 Å². The maximum absolute atomic E-state index is 4.41. The first-order valence-electron chi connectivity index (χ1n) is 6.96. The second kappa shape index (κ2) is 4.77. The van der Waals surface area contributed by atoms with Crippen LogP contribution in [0.2, 0.25) is 0 Å². The van der Waals surface area contributed by atoms with Crippen LogP contribution in [0.15, 0.2) is 0 Å². The summed E-state index contributed by atoms with van der Waals surface area (Å²) in [5.41, 5.74) is 0. The monoisotopic (exact) mass is 234 g/mol. The second-order valence-electron chi connectivity index (χ2n) is 5.48. The van der Waals surface area contributed by atoms with E-state index < -0.39 is 0 Å². The number of likely N-dealkylation sites (N-methyl/N-ethyl adjacent to an activating group) is 1. The Hall–Kier alpha value is -0.900. The molecule has 2 aliphatic rings. The van der Waals surface area contributed by atoms with Gasteiger partial charge < -0.3 is 9.47 Å². The predicted molar refractivity (Wildman–Crippen MR) is 66.9 cm³/mol. The summed E-state index contributed by atoms with van der Waals surface area (Å²) in [6, 6.07) is 0.680. The van der Waals surface area contributed by atoms with E-state index in [9.17, 15) is 0 Å². The summed E-state index contributed by atoms with van der Waals surface area (Å²) in [5, 5.41) is 8.75. The fraction of sp³-hybridized carbons (Fsp3) is 0.846. The summed E-state index contributed by atoms with van der Waals surface area (Å²) in [6.45, 7) is 2.37. The van der Waals surface area contributed by atoms with Gasteiger partial charge in [0.2, 0.25) is 0 Å². The lowest BCUT2D eigenvalue weighted by atomic mass is 9.99. The van der Waals surface area contributed by atoms with Crippen molar-refractivity contribution in [2.75, 3.05) is 13.6 Å². The Labute approximate surface area is 103 Å². The van der Waals surface area contributed by atoms with E-state index in [0.29, 0.717) is 6.04 Å². The average molecular weight is 234 g/mol. The predicted octanol–water partition coefficient (Wildman–Crippen LogP) is 1.64. The van der Waals surface area contributed by atoms with Gasteiger partial charge >= 0.3 is 0 Å². The molecule has 0 bridgehead atoms. The molecule has 94 valence electrons. The lowest BCUT2D eigenvalue weighted by molar-refractivity contribution is 0.181. The number of hydrogen-bond donors (Lipinski definition) is 0. The molecule has 17 heavy (non-hydrogen) atoms. The zero-order valence-electron chi connectivity index (χ0n) is 10.7. The summed E-state index contributed by atoms with van der Waals surface area (Å²) >= 11 is 0. The molecule has 3 rings (SSSR count). The number of piperidine rings is 1. The quantitative estimate of drug-likeness (QED) is 0.780. The topological polar surface area (TPSA) is 34.0 Å². The molecule has 1 saturated heterocycles.